The Morgan fingerprint density at radius 1 is 0.903 bits per heavy atom. The van der Waals surface area contributed by atoms with E-state index in [2.05, 4.69) is 0 Å². The van der Waals surface area contributed by atoms with Gasteiger partial charge in [0.05, 0.1) is 6.61 Å². The Morgan fingerprint density at radius 3 is 2.35 bits per heavy atom. The summed E-state index contributed by atoms with van der Waals surface area (Å²) in [4.78, 5) is 39.6. The van der Waals surface area contributed by atoms with Gasteiger partial charge in [-0.2, -0.15) is 0 Å². The number of benzene rings is 1. The molecule has 0 aromatic heterocycles. The van der Waals surface area contributed by atoms with Crippen molar-refractivity contribution >= 4 is 17.7 Å². The highest BCUT2D eigenvalue weighted by Gasteiger charge is 2.38. The van der Waals surface area contributed by atoms with Crippen LogP contribution in [0.5, 0.6) is 5.75 Å². The molecule has 1 atom stereocenters. The summed E-state index contributed by atoms with van der Waals surface area (Å²) in [5.74, 6) is -1.07. The van der Waals surface area contributed by atoms with Gasteiger partial charge in [-0.25, -0.2) is 4.79 Å². The normalized spacial score (nSPS) is 19.7. The number of nitrogens with zero attached hydrogens (tertiary/aromatic N) is 1. The minimum Gasteiger partial charge on any atom is -0.508 e. The van der Waals surface area contributed by atoms with Crippen LogP contribution in [-0.4, -0.2) is 46.9 Å². The summed E-state index contributed by atoms with van der Waals surface area (Å²) in [5, 5.41) is 9.32. The van der Waals surface area contributed by atoms with Crippen molar-refractivity contribution in [3.63, 3.8) is 0 Å². The van der Waals surface area contributed by atoms with Gasteiger partial charge >= 0.3 is 5.97 Å². The minimum absolute atomic E-state index is 0.173. The van der Waals surface area contributed by atoms with Crippen LogP contribution in [0.4, 0.5) is 0 Å². The Balaban J connectivity index is 1.40. The van der Waals surface area contributed by atoms with Crippen molar-refractivity contribution in [1.82, 2.24) is 4.90 Å². The van der Waals surface area contributed by atoms with E-state index in [0.717, 1.165) is 70.6 Å². The molecule has 1 unspecified atom stereocenters. The Kier molecular flexibility index (Phi) is 8.92. The molecule has 1 amide bonds. The predicted molar refractivity (Wildman–Crippen MR) is 118 cm³/mol. The Hall–Kier alpha value is -2.37. The van der Waals surface area contributed by atoms with Crippen molar-refractivity contribution in [3.8, 4) is 5.75 Å². The molecule has 1 saturated heterocycles. The van der Waals surface area contributed by atoms with Crippen LogP contribution in [-0.2, 0) is 25.5 Å². The van der Waals surface area contributed by atoms with Gasteiger partial charge in [0, 0.05) is 12.5 Å². The topological polar surface area (TPSA) is 83.9 Å². The third-order valence-electron chi connectivity index (χ3n) is 6.51. The zero-order valence-corrected chi connectivity index (χ0v) is 18.4. The van der Waals surface area contributed by atoms with Crippen LogP contribution < -0.4 is 0 Å². The number of unbranched alkanes of at least 4 members (excludes halogenated alkanes) is 2. The standard InChI is InChI=1S/C25H35NO5/c27-21-15-13-19(14-16-21)9-3-2-8-18-31-25(30)22-12-6-7-17-26(22)24(29)23(28)20-10-4-1-5-11-20/h13-16,20,22,27H,1-12,17-18H2. The zero-order chi connectivity index (χ0) is 22.1. The first-order valence-electron chi connectivity index (χ1n) is 11.9. The molecular weight excluding hydrogens is 394 g/mol. The van der Waals surface area contributed by atoms with Crippen LogP contribution in [0.15, 0.2) is 24.3 Å². The molecule has 1 aliphatic heterocycles. The van der Waals surface area contributed by atoms with Gasteiger partial charge in [-0.15, -0.1) is 0 Å². The number of esters is 1. The molecule has 2 fully saturated rings. The predicted octanol–water partition coefficient (Wildman–Crippen LogP) is 4.18. The molecule has 1 aliphatic carbocycles. The lowest BCUT2D eigenvalue weighted by Gasteiger charge is -2.34. The summed E-state index contributed by atoms with van der Waals surface area (Å²) >= 11 is 0. The summed E-state index contributed by atoms with van der Waals surface area (Å²) in [6, 6.07) is 6.59. The number of ether oxygens (including phenoxy) is 1. The van der Waals surface area contributed by atoms with E-state index in [1.165, 1.54) is 10.5 Å². The smallest absolute Gasteiger partial charge is 0.328 e. The van der Waals surface area contributed by atoms with Gasteiger partial charge in [0.25, 0.3) is 5.91 Å². The van der Waals surface area contributed by atoms with Crippen molar-refractivity contribution in [3.05, 3.63) is 29.8 Å². The number of ketones is 1. The number of phenolic OH excluding ortho intramolecular Hbond substituents is 1. The van der Waals surface area contributed by atoms with Crippen molar-refractivity contribution in [2.75, 3.05) is 13.2 Å². The summed E-state index contributed by atoms with van der Waals surface area (Å²) < 4.78 is 5.48. The first-order chi connectivity index (χ1) is 15.1. The molecule has 1 saturated carbocycles. The van der Waals surface area contributed by atoms with Gasteiger partial charge in [0.15, 0.2) is 0 Å². The number of carbonyl (C=O) groups is 3. The maximum Gasteiger partial charge on any atom is 0.328 e. The number of rotatable bonds is 9. The third-order valence-corrected chi connectivity index (χ3v) is 6.51. The van der Waals surface area contributed by atoms with Gasteiger partial charge in [-0.05, 0) is 75.5 Å². The van der Waals surface area contributed by atoms with E-state index in [9.17, 15) is 19.5 Å². The number of aryl methyl sites for hydroxylation is 1. The summed E-state index contributed by atoms with van der Waals surface area (Å²) in [7, 11) is 0. The maximum absolute atomic E-state index is 12.8. The summed E-state index contributed by atoms with van der Waals surface area (Å²) in [5.41, 5.74) is 1.17. The van der Waals surface area contributed by atoms with Gasteiger partial charge in [-0.1, -0.05) is 31.4 Å². The quantitative estimate of drug-likeness (QED) is 0.362. The molecule has 3 rings (SSSR count). The van der Waals surface area contributed by atoms with Crippen molar-refractivity contribution in [1.29, 1.82) is 0 Å². The fourth-order valence-electron chi connectivity index (χ4n) is 4.64. The van der Waals surface area contributed by atoms with Crippen LogP contribution in [0, 0.1) is 5.92 Å². The number of Topliss-reactive ketones (excluding diaryl/α,β-unsaturated/α-hetero) is 1. The second kappa shape index (κ2) is 11.9. The second-order valence-electron chi connectivity index (χ2n) is 8.85. The molecule has 1 aromatic rings. The molecule has 6 nitrogen and oxygen atoms in total. The van der Waals surface area contributed by atoms with E-state index in [1.807, 2.05) is 12.1 Å². The van der Waals surface area contributed by atoms with E-state index in [0.29, 0.717) is 19.6 Å². The largest absolute Gasteiger partial charge is 0.508 e. The van der Waals surface area contributed by atoms with Gasteiger partial charge in [0.2, 0.25) is 5.78 Å². The van der Waals surface area contributed by atoms with Crippen molar-refractivity contribution in [2.24, 2.45) is 5.92 Å². The maximum atomic E-state index is 12.8. The zero-order valence-electron chi connectivity index (χ0n) is 18.4. The van der Waals surface area contributed by atoms with E-state index in [1.54, 1.807) is 12.1 Å². The highest BCUT2D eigenvalue weighted by atomic mass is 16.5. The molecule has 0 spiro atoms. The van der Waals surface area contributed by atoms with Crippen LogP contribution in [0.25, 0.3) is 0 Å². The average molecular weight is 430 g/mol. The highest BCUT2D eigenvalue weighted by molar-refractivity contribution is 6.37. The van der Waals surface area contributed by atoms with Crippen molar-refractivity contribution in [2.45, 2.75) is 83.1 Å². The molecule has 31 heavy (non-hydrogen) atoms. The molecule has 0 bridgehead atoms. The average Bonchev–Trinajstić information content (AvgIpc) is 2.82. The number of piperidine rings is 1. The van der Waals surface area contributed by atoms with E-state index < -0.39 is 11.9 Å². The van der Waals surface area contributed by atoms with E-state index in [-0.39, 0.29) is 23.4 Å². The number of likely N-dealkylation sites (tertiary alicyclic amines) is 1. The number of amides is 1. The number of hydrogen-bond donors (Lipinski definition) is 1. The molecule has 2 aliphatic rings. The molecule has 6 heteroatoms. The molecular formula is C25H35NO5. The number of hydrogen-bond acceptors (Lipinski definition) is 5. The number of carbonyl (C=O) groups excluding carboxylic acids is 3. The van der Waals surface area contributed by atoms with E-state index >= 15 is 0 Å². The van der Waals surface area contributed by atoms with E-state index in [4.69, 9.17) is 4.74 Å². The van der Waals surface area contributed by atoms with Crippen LogP contribution in [0.1, 0.15) is 76.2 Å². The summed E-state index contributed by atoms with van der Waals surface area (Å²) in [6.07, 6.45) is 10.6. The van der Waals surface area contributed by atoms with Gasteiger partial charge < -0.3 is 14.7 Å². The molecule has 0 radical (unpaired) electrons. The lowest BCUT2D eigenvalue weighted by Crippen LogP contribution is -2.52. The Bertz CT molecular complexity index is 739. The SMILES string of the molecule is O=C(C(=O)N1CCCCC1C(=O)OCCCCCc1ccc(O)cc1)C1CCCCC1. The second-order valence-corrected chi connectivity index (χ2v) is 8.85. The minimum atomic E-state index is -0.620. The van der Waals surface area contributed by atoms with Crippen molar-refractivity contribution < 1.29 is 24.2 Å². The lowest BCUT2D eigenvalue weighted by atomic mass is 9.85. The molecule has 1 aromatic carbocycles. The summed E-state index contributed by atoms with van der Waals surface area (Å²) in [6.45, 7) is 0.799. The molecule has 170 valence electrons. The Labute approximate surface area is 185 Å². The van der Waals surface area contributed by atoms with Gasteiger partial charge in [0.1, 0.15) is 11.8 Å². The van der Waals surface area contributed by atoms with Crippen LogP contribution >= 0.6 is 0 Å². The Morgan fingerprint density at radius 2 is 1.61 bits per heavy atom. The number of aromatic hydroxyl groups is 1. The van der Waals surface area contributed by atoms with Crippen LogP contribution in [0.3, 0.4) is 0 Å². The third kappa shape index (κ3) is 6.81. The monoisotopic (exact) mass is 429 g/mol. The van der Waals surface area contributed by atoms with Crippen LogP contribution in [0.2, 0.25) is 0 Å². The molecule has 1 heterocycles. The van der Waals surface area contributed by atoms with Gasteiger partial charge in [-0.3, -0.25) is 9.59 Å². The fourth-order valence-corrected chi connectivity index (χ4v) is 4.64. The lowest BCUT2D eigenvalue weighted by molar-refractivity contribution is -0.160. The highest BCUT2D eigenvalue weighted by Crippen LogP contribution is 2.27. The number of phenols is 1. The first-order valence-corrected chi connectivity index (χ1v) is 11.9. The first kappa shape index (κ1) is 23.3. The molecule has 1 N–H and O–H groups in total. The fraction of sp³-hybridized carbons (Fsp3) is 0.640.